The van der Waals surface area contributed by atoms with Crippen LogP contribution in [0.25, 0.3) is 0 Å². The summed E-state index contributed by atoms with van der Waals surface area (Å²) in [5.74, 6) is 0.477. The molecule has 4 heteroatoms. The SMILES string of the molecule is CC(C)CN(CCC#N)C(=O)[C@H](N)C(C)C. The standard InChI is InChI=1S/C12H23N3O/c1-9(2)8-15(7-5-6-13)12(16)11(14)10(3)4/h9-11H,5,7-8,14H2,1-4H3/t11-/m1/s1. The van der Waals surface area contributed by atoms with Crippen molar-refractivity contribution in [3.05, 3.63) is 0 Å². The fraction of sp³-hybridized carbons (Fsp3) is 0.833. The maximum absolute atomic E-state index is 12.0. The fourth-order valence-electron chi connectivity index (χ4n) is 1.41. The lowest BCUT2D eigenvalue weighted by Crippen LogP contribution is -2.48. The summed E-state index contributed by atoms with van der Waals surface area (Å²) in [5, 5.41) is 8.56. The first-order valence-corrected chi connectivity index (χ1v) is 5.81. The summed E-state index contributed by atoms with van der Waals surface area (Å²) >= 11 is 0. The van der Waals surface area contributed by atoms with Gasteiger partial charge in [-0.1, -0.05) is 27.7 Å². The van der Waals surface area contributed by atoms with Gasteiger partial charge in [0.1, 0.15) is 0 Å². The monoisotopic (exact) mass is 225 g/mol. The molecule has 0 aliphatic heterocycles. The second-order valence-corrected chi connectivity index (χ2v) is 4.86. The molecule has 1 amide bonds. The van der Waals surface area contributed by atoms with E-state index in [1.807, 2.05) is 27.7 Å². The minimum absolute atomic E-state index is 0.0426. The van der Waals surface area contributed by atoms with E-state index in [1.54, 1.807) is 4.90 Å². The van der Waals surface area contributed by atoms with Crippen molar-refractivity contribution in [1.82, 2.24) is 4.90 Å². The molecule has 16 heavy (non-hydrogen) atoms. The molecule has 0 aromatic heterocycles. The molecule has 0 aromatic carbocycles. The predicted octanol–water partition coefficient (Wildman–Crippen LogP) is 1.37. The molecule has 0 bridgehead atoms. The van der Waals surface area contributed by atoms with Gasteiger partial charge in [-0.25, -0.2) is 0 Å². The topological polar surface area (TPSA) is 70.1 Å². The van der Waals surface area contributed by atoms with Crippen molar-refractivity contribution >= 4 is 5.91 Å². The number of nitrogens with zero attached hydrogens (tertiary/aromatic N) is 2. The second kappa shape index (κ2) is 7.24. The van der Waals surface area contributed by atoms with E-state index in [4.69, 9.17) is 11.0 Å². The summed E-state index contributed by atoms with van der Waals surface area (Å²) in [7, 11) is 0. The van der Waals surface area contributed by atoms with Crippen molar-refractivity contribution in [2.75, 3.05) is 13.1 Å². The van der Waals surface area contributed by atoms with Gasteiger partial charge in [-0.2, -0.15) is 5.26 Å². The summed E-state index contributed by atoms with van der Waals surface area (Å²) in [4.78, 5) is 13.7. The number of nitriles is 1. The Balaban J connectivity index is 4.49. The molecule has 0 aliphatic rings. The van der Waals surface area contributed by atoms with E-state index in [0.29, 0.717) is 25.4 Å². The Morgan fingerprint density at radius 1 is 1.38 bits per heavy atom. The highest BCUT2D eigenvalue weighted by atomic mass is 16.2. The zero-order chi connectivity index (χ0) is 12.7. The number of amides is 1. The van der Waals surface area contributed by atoms with Crippen LogP contribution in [0.5, 0.6) is 0 Å². The van der Waals surface area contributed by atoms with Crippen molar-refractivity contribution in [1.29, 1.82) is 5.26 Å². The third kappa shape index (κ3) is 5.13. The zero-order valence-corrected chi connectivity index (χ0v) is 10.7. The van der Waals surface area contributed by atoms with E-state index in [2.05, 4.69) is 6.07 Å². The lowest BCUT2D eigenvalue weighted by Gasteiger charge is -2.28. The third-order valence-corrected chi connectivity index (χ3v) is 2.39. The van der Waals surface area contributed by atoms with E-state index < -0.39 is 6.04 Å². The predicted molar refractivity (Wildman–Crippen MR) is 64.5 cm³/mol. The minimum atomic E-state index is -0.461. The van der Waals surface area contributed by atoms with E-state index in [9.17, 15) is 4.79 Å². The number of rotatable bonds is 6. The van der Waals surface area contributed by atoms with Crippen molar-refractivity contribution in [3.63, 3.8) is 0 Å². The summed E-state index contributed by atoms with van der Waals surface area (Å²) < 4.78 is 0. The first-order valence-electron chi connectivity index (χ1n) is 5.81. The van der Waals surface area contributed by atoms with E-state index in [-0.39, 0.29) is 11.8 Å². The van der Waals surface area contributed by atoms with E-state index in [0.717, 1.165) is 0 Å². The normalized spacial score (nSPS) is 12.6. The number of hydrogen-bond donors (Lipinski definition) is 1. The average Bonchev–Trinajstić information content (AvgIpc) is 2.21. The molecule has 0 radical (unpaired) electrons. The van der Waals surface area contributed by atoms with Crippen LogP contribution >= 0.6 is 0 Å². The molecule has 0 saturated carbocycles. The smallest absolute Gasteiger partial charge is 0.239 e. The number of carbonyl (C=O) groups excluding carboxylic acids is 1. The Hall–Kier alpha value is -1.08. The molecule has 2 N–H and O–H groups in total. The van der Waals surface area contributed by atoms with Gasteiger partial charge in [-0.15, -0.1) is 0 Å². The third-order valence-electron chi connectivity index (χ3n) is 2.39. The molecule has 4 nitrogen and oxygen atoms in total. The Kier molecular flexibility index (Phi) is 6.75. The molecule has 0 fully saturated rings. The molecule has 0 spiro atoms. The minimum Gasteiger partial charge on any atom is -0.340 e. The van der Waals surface area contributed by atoms with Gasteiger partial charge in [0.15, 0.2) is 0 Å². The lowest BCUT2D eigenvalue weighted by atomic mass is 10.0. The Morgan fingerprint density at radius 3 is 2.31 bits per heavy atom. The van der Waals surface area contributed by atoms with Gasteiger partial charge in [0.05, 0.1) is 18.5 Å². The van der Waals surface area contributed by atoms with E-state index in [1.165, 1.54) is 0 Å². The van der Waals surface area contributed by atoms with Gasteiger partial charge >= 0.3 is 0 Å². The Morgan fingerprint density at radius 2 is 1.94 bits per heavy atom. The maximum Gasteiger partial charge on any atom is 0.239 e. The van der Waals surface area contributed by atoms with Crippen LogP contribution in [-0.2, 0) is 4.79 Å². The van der Waals surface area contributed by atoms with Crippen molar-refractivity contribution in [2.45, 2.75) is 40.2 Å². The highest BCUT2D eigenvalue weighted by Crippen LogP contribution is 2.07. The second-order valence-electron chi connectivity index (χ2n) is 4.86. The zero-order valence-electron chi connectivity index (χ0n) is 10.7. The van der Waals surface area contributed by atoms with Gasteiger partial charge < -0.3 is 10.6 Å². The van der Waals surface area contributed by atoms with Gasteiger partial charge in [0.25, 0.3) is 0 Å². The molecule has 0 aliphatic carbocycles. The summed E-state index contributed by atoms with van der Waals surface area (Å²) in [6.07, 6.45) is 0.364. The van der Waals surface area contributed by atoms with Crippen LogP contribution < -0.4 is 5.73 Å². The van der Waals surface area contributed by atoms with Gasteiger partial charge in [-0.05, 0) is 11.8 Å². The Labute approximate surface area is 98.4 Å². The molecule has 0 rings (SSSR count). The van der Waals surface area contributed by atoms with Crippen LogP contribution in [0.1, 0.15) is 34.1 Å². The number of nitrogens with two attached hydrogens (primary N) is 1. The number of hydrogen-bond acceptors (Lipinski definition) is 3. The van der Waals surface area contributed by atoms with Crippen LogP contribution in [-0.4, -0.2) is 29.9 Å². The molecule has 0 saturated heterocycles. The molecule has 0 heterocycles. The largest absolute Gasteiger partial charge is 0.340 e. The van der Waals surface area contributed by atoms with Crippen molar-refractivity contribution in [2.24, 2.45) is 17.6 Å². The fourth-order valence-corrected chi connectivity index (χ4v) is 1.41. The van der Waals surface area contributed by atoms with Crippen LogP contribution in [0.2, 0.25) is 0 Å². The number of carbonyl (C=O) groups is 1. The first kappa shape index (κ1) is 14.9. The molecule has 0 unspecified atom stereocenters. The molecular formula is C12H23N3O. The maximum atomic E-state index is 12.0. The van der Waals surface area contributed by atoms with Gasteiger partial charge in [0.2, 0.25) is 5.91 Å². The molecule has 1 atom stereocenters. The molecule has 0 aromatic rings. The van der Waals surface area contributed by atoms with E-state index >= 15 is 0 Å². The van der Waals surface area contributed by atoms with Crippen molar-refractivity contribution < 1.29 is 4.79 Å². The summed E-state index contributed by atoms with van der Waals surface area (Å²) in [6.45, 7) is 9.11. The lowest BCUT2D eigenvalue weighted by molar-refractivity contribution is -0.134. The highest BCUT2D eigenvalue weighted by molar-refractivity contribution is 5.81. The van der Waals surface area contributed by atoms with Crippen LogP contribution in [0.15, 0.2) is 0 Å². The summed E-state index contributed by atoms with van der Waals surface area (Å²) in [6, 6.07) is 1.60. The van der Waals surface area contributed by atoms with Crippen LogP contribution in [0, 0.1) is 23.2 Å². The van der Waals surface area contributed by atoms with Gasteiger partial charge in [0, 0.05) is 13.1 Å². The highest BCUT2D eigenvalue weighted by Gasteiger charge is 2.23. The first-order chi connectivity index (χ1) is 7.40. The molecule has 92 valence electrons. The van der Waals surface area contributed by atoms with Crippen molar-refractivity contribution in [3.8, 4) is 6.07 Å². The summed E-state index contributed by atoms with van der Waals surface area (Å²) in [5.41, 5.74) is 5.83. The van der Waals surface area contributed by atoms with Gasteiger partial charge in [-0.3, -0.25) is 4.79 Å². The Bertz CT molecular complexity index is 255. The average molecular weight is 225 g/mol. The van der Waals surface area contributed by atoms with Crippen LogP contribution in [0.4, 0.5) is 0 Å². The quantitative estimate of drug-likeness (QED) is 0.742. The molecular weight excluding hydrogens is 202 g/mol. The van der Waals surface area contributed by atoms with Crippen LogP contribution in [0.3, 0.4) is 0 Å².